The Balaban J connectivity index is 2.47. The molecule has 0 aliphatic carbocycles. The summed E-state index contributed by atoms with van der Waals surface area (Å²) in [5.41, 5.74) is 0.286. The monoisotopic (exact) mass is 365 g/mol. The third-order valence-corrected chi connectivity index (χ3v) is 5.32. The van der Waals surface area contributed by atoms with Crippen molar-refractivity contribution in [1.29, 1.82) is 0 Å². The van der Waals surface area contributed by atoms with Crippen molar-refractivity contribution in [1.82, 2.24) is 0 Å². The first-order chi connectivity index (χ1) is 9.85. The van der Waals surface area contributed by atoms with E-state index in [9.17, 15) is 12.8 Å². The molecule has 0 unspecified atom stereocenters. The fourth-order valence-corrected chi connectivity index (χ4v) is 3.82. The number of hydrogen-bond donors (Lipinski definition) is 1. The van der Waals surface area contributed by atoms with Gasteiger partial charge in [-0.3, -0.25) is 4.72 Å². The summed E-state index contributed by atoms with van der Waals surface area (Å²) in [6.45, 7) is 0. The highest BCUT2D eigenvalue weighted by molar-refractivity contribution is 7.99. The first-order valence-corrected chi connectivity index (χ1v) is 9.12. The summed E-state index contributed by atoms with van der Waals surface area (Å²) in [7, 11) is -4.10. The van der Waals surface area contributed by atoms with Gasteiger partial charge in [0.15, 0.2) is 5.82 Å². The van der Waals surface area contributed by atoms with Crippen LogP contribution in [0.3, 0.4) is 0 Å². The summed E-state index contributed by atoms with van der Waals surface area (Å²) in [5, 5.41) is 0.117. The van der Waals surface area contributed by atoms with Crippen LogP contribution in [0.1, 0.15) is 0 Å². The predicted molar refractivity (Wildman–Crippen MR) is 85.5 cm³/mol. The second-order valence-electron chi connectivity index (χ2n) is 4.00. The van der Waals surface area contributed by atoms with Crippen LogP contribution < -0.4 is 4.72 Å². The molecule has 0 aromatic heterocycles. The summed E-state index contributed by atoms with van der Waals surface area (Å²) >= 11 is 12.8. The fraction of sp³-hybridized carbons (Fsp3) is 0.0769. The van der Waals surface area contributed by atoms with E-state index in [1.165, 1.54) is 30.0 Å². The van der Waals surface area contributed by atoms with Gasteiger partial charge in [0.05, 0.1) is 10.7 Å². The van der Waals surface area contributed by atoms with Crippen molar-refractivity contribution >= 4 is 50.7 Å². The van der Waals surface area contributed by atoms with Gasteiger partial charge in [0.1, 0.15) is 4.90 Å². The highest BCUT2D eigenvalue weighted by Gasteiger charge is 2.22. The van der Waals surface area contributed by atoms with Crippen LogP contribution in [0.5, 0.6) is 0 Å². The van der Waals surface area contributed by atoms with Gasteiger partial charge in [0, 0.05) is 9.92 Å². The highest BCUT2D eigenvalue weighted by atomic mass is 35.5. The molecular formula is C13H10Cl2FNO2S2. The molecule has 0 bridgehead atoms. The minimum Gasteiger partial charge on any atom is -0.278 e. The van der Waals surface area contributed by atoms with Crippen LogP contribution in [-0.4, -0.2) is 14.7 Å². The molecule has 0 saturated carbocycles. The number of rotatable bonds is 4. The number of thioether (sulfide) groups is 1. The van der Waals surface area contributed by atoms with E-state index in [1.54, 1.807) is 18.4 Å². The Labute approximate surface area is 136 Å². The SMILES string of the molecule is CSc1ccc(Cl)cc1NS(=O)(=O)c1cccc(Cl)c1F. The van der Waals surface area contributed by atoms with Gasteiger partial charge in [-0.25, -0.2) is 12.8 Å². The lowest BCUT2D eigenvalue weighted by atomic mass is 10.3. The van der Waals surface area contributed by atoms with Gasteiger partial charge in [0.2, 0.25) is 0 Å². The zero-order valence-electron chi connectivity index (χ0n) is 10.7. The summed E-state index contributed by atoms with van der Waals surface area (Å²) in [4.78, 5) is 0.160. The quantitative estimate of drug-likeness (QED) is 0.801. The molecule has 0 spiro atoms. The average Bonchev–Trinajstić information content (AvgIpc) is 2.41. The summed E-state index contributed by atoms with van der Waals surface area (Å²) < 4.78 is 40.8. The molecular weight excluding hydrogens is 356 g/mol. The van der Waals surface area contributed by atoms with E-state index >= 15 is 0 Å². The first-order valence-electron chi connectivity index (χ1n) is 5.65. The topological polar surface area (TPSA) is 46.2 Å². The Morgan fingerprint density at radius 1 is 1.19 bits per heavy atom. The number of benzene rings is 2. The van der Waals surface area contributed by atoms with E-state index in [4.69, 9.17) is 23.2 Å². The molecule has 21 heavy (non-hydrogen) atoms. The molecule has 0 heterocycles. The van der Waals surface area contributed by atoms with Crippen LogP contribution >= 0.6 is 35.0 Å². The molecule has 0 radical (unpaired) electrons. The van der Waals surface area contributed by atoms with Crippen molar-refractivity contribution in [3.63, 3.8) is 0 Å². The van der Waals surface area contributed by atoms with Crippen molar-refractivity contribution in [3.8, 4) is 0 Å². The van der Waals surface area contributed by atoms with Crippen molar-refractivity contribution < 1.29 is 12.8 Å². The van der Waals surface area contributed by atoms with E-state index in [-0.39, 0.29) is 10.7 Å². The summed E-state index contributed by atoms with van der Waals surface area (Å²) in [6, 6.07) is 8.58. The molecule has 0 atom stereocenters. The molecule has 0 aliphatic heterocycles. The van der Waals surface area contributed by atoms with Crippen LogP contribution in [0, 0.1) is 5.82 Å². The van der Waals surface area contributed by atoms with Crippen molar-refractivity contribution in [2.75, 3.05) is 11.0 Å². The zero-order chi connectivity index (χ0) is 15.6. The normalized spacial score (nSPS) is 11.4. The second kappa shape index (κ2) is 6.44. The van der Waals surface area contributed by atoms with Gasteiger partial charge in [-0.2, -0.15) is 0 Å². The number of halogens is 3. The molecule has 0 amide bonds. The van der Waals surface area contributed by atoms with Gasteiger partial charge in [0.25, 0.3) is 10.0 Å². The zero-order valence-corrected chi connectivity index (χ0v) is 13.9. The first kappa shape index (κ1) is 16.4. The Hall–Kier alpha value is -0.950. The Kier molecular flexibility index (Phi) is 5.03. The minimum atomic E-state index is -4.10. The summed E-state index contributed by atoms with van der Waals surface area (Å²) in [5.74, 6) is -0.987. The van der Waals surface area contributed by atoms with Gasteiger partial charge in [-0.15, -0.1) is 11.8 Å². The molecule has 112 valence electrons. The smallest absolute Gasteiger partial charge is 0.264 e. The molecule has 0 aliphatic rings. The molecule has 3 nitrogen and oxygen atoms in total. The molecule has 2 aromatic rings. The third kappa shape index (κ3) is 3.63. The number of sulfonamides is 1. The number of hydrogen-bond acceptors (Lipinski definition) is 3. The summed E-state index contributed by atoms with van der Waals surface area (Å²) in [6.07, 6.45) is 1.79. The van der Waals surface area contributed by atoms with Crippen molar-refractivity contribution in [2.24, 2.45) is 0 Å². The number of nitrogens with one attached hydrogen (secondary N) is 1. The highest BCUT2D eigenvalue weighted by Crippen LogP contribution is 2.31. The maximum absolute atomic E-state index is 13.9. The molecule has 8 heteroatoms. The lowest BCUT2D eigenvalue weighted by Crippen LogP contribution is -2.15. The van der Waals surface area contributed by atoms with Crippen LogP contribution in [0.25, 0.3) is 0 Å². The molecule has 0 saturated heterocycles. The standard InChI is InChI=1S/C13H10Cl2FNO2S2/c1-20-11-6-5-8(14)7-10(11)17-21(18,19)12-4-2-3-9(15)13(12)16/h2-7,17H,1H3. The molecule has 0 fully saturated rings. The van der Waals surface area contributed by atoms with E-state index in [2.05, 4.69) is 4.72 Å². The molecule has 2 rings (SSSR count). The Bertz CT molecular complexity index is 782. The Morgan fingerprint density at radius 3 is 2.57 bits per heavy atom. The van der Waals surface area contributed by atoms with Crippen LogP contribution in [0.2, 0.25) is 10.0 Å². The van der Waals surface area contributed by atoms with E-state index in [1.807, 2.05) is 0 Å². The lowest BCUT2D eigenvalue weighted by molar-refractivity contribution is 0.570. The fourth-order valence-electron chi connectivity index (χ4n) is 1.65. The predicted octanol–water partition coefficient (Wildman–Crippen LogP) is 4.66. The Morgan fingerprint density at radius 2 is 1.90 bits per heavy atom. The maximum atomic E-state index is 13.9. The van der Waals surface area contributed by atoms with Crippen LogP contribution in [0.4, 0.5) is 10.1 Å². The third-order valence-electron chi connectivity index (χ3n) is 2.61. The van der Waals surface area contributed by atoms with Gasteiger partial charge >= 0.3 is 0 Å². The van der Waals surface area contributed by atoms with E-state index < -0.39 is 20.7 Å². The van der Waals surface area contributed by atoms with Crippen LogP contribution in [-0.2, 0) is 10.0 Å². The van der Waals surface area contributed by atoms with E-state index in [0.29, 0.717) is 9.92 Å². The van der Waals surface area contributed by atoms with Gasteiger partial charge in [-0.1, -0.05) is 29.3 Å². The minimum absolute atomic E-state index is 0.256. The lowest BCUT2D eigenvalue weighted by Gasteiger charge is -2.12. The van der Waals surface area contributed by atoms with Crippen LogP contribution in [0.15, 0.2) is 46.2 Å². The van der Waals surface area contributed by atoms with Gasteiger partial charge in [-0.05, 0) is 36.6 Å². The maximum Gasteiger partial charge on any atom is 0.264 e. The molecule has 1 N–H and O–H groups in total. The van der Waals surface area contributed by atoms with E-state index in [0.717, 1.165) is 6.07 Å². The average molecular weight is 366 g/mol. The second-order valence-corrected chi connectivity index (χ2v) is 7.34. The largest absolute Gasteiger partial charge is 0.278 e. The van der Waals surface area contributed by atoms with Crippen molar-refractivity contribution in [3.05, 3.63) is 52.3 Å². The number of anilines is 1. The molecule has 2 aromatic carbocycles. The van der Waals surface area contributed by atoms with Gasteiger partial charge < -0.3 is 0 Å². The van der Waals surface area contributed by atoms with Crippen molar-refractivity contribution in [2.45, 2.75) is 9.79 Å².